The van der Waals surface area contributed by atoms with Crippen molar-refractivity contribution >= 4 is 0 Å². The molecular formula is C56H90O14. The van der Waals surface area contributed by atoms with Crippen molar-refractivity contribution in [3.63, 3.8) is 0 Å². The van der Waals surface area contributed by atoms with E-state index in [1.54, 1.807) is 64.0 Å². The number of ether oxygens (including phenoxy) is 12. The molecule has 14 nitrogen and oxygen atoms in total. The second-order valence-electron chi connectivity index (χ2n) is 19.7. The van der Waals surface area contributed by atoms with Gasteiger partial charge in [-0.3, -0.25) is 0 Å². The first-order valence-electron chi connectivity index (χ1n) is 25.4. The van der Waals surface area contributed by atoms with Gasteiger partial charge in [0.2, 0.25) is 0 Å². The predicted molar refractivity (Wildman–Crippen MR) is 269 cm³/mol. The first-order valence-corrected chi connectivity index (χ1v) is 25.4. The van der Waals surface area contributed by atoms with Crippen molar-refractivity contribution in [3.8, 4) is 23.7 Å². The standard InChI is InChI=1S/C56H90O14/c1-17-43(59-8)37(6)39-27-20-29-41(39)45(57)33(2)24-19-26-36(5)48-50(62-11)52(54(65-14)56(67-16)70-48)68-32-22-31-44(60-9)38(7)40-28-21-30-42(40)46(58)34(3)23-18-25-35(4)47-49(61-10)51(63-12)53(64-13)55(66-15)69-47/h18-19,23-26,33-34,37-58H,17,22,27-28,31-32H2,1-16H3/b23-18+,24-19+,35-25+,36-26+/t33-,34-,37-,38-,39+,40+,41-,42-,43-,44-,45+,46+,47+,48+,49-,50+,51-,52-,53+,54-,55-,56-/m0/s1. The second-order valence-corrected chi connectivity index (χ2v) is 19.7. The van der Waals surface area contributed by atoms with Crippen molar-refractivity contribution in [2.45, 2.75) is 166 Å². The number of allylic oxidation sites excluding steroid dienone is 4. The summed E-state index contributed by atoms with van der Waals surface area (Å²) in [5.41, 5.74) is 1.85. The maximum Gasteiger partial charge on any atom is 0.186 e. The molecule has 0 aromatic heterocycles. The Labute approximate surface area is 421 Å². The zero-order valence-corrected chi connectivity index (χ0v) is 45.2. The van der Waals surface area contributed by atoms with Gasteiger partial charge in [-0.05, 0) is 67.9 Å². The lowest BCUT2D eigenvalue weighted by molar-refractivity contribution is -0.298. The highest BCUT2D eigenvalue weighted by Gasteiger charge is 2.50. The van der Waals surface area contributed by atoms with Gasteiger partial charge in [-0.25, -0.2) is 0 Å². The molecule has 0 amide bonds. The van der Waals surface area contributed by atoms with Crippen LogP contribution < -0.4 is 0 Å². The van der Waals surface area contributed by atoms with Crippen LogP contribution in [0.5, 0.6) is 0 Å². The maximum atomic E-state index is 11.7. The number of rotatable bonds is 29. The molecule has 0 spiro atoms. The van der Waals surface area contributed by atoms with E-state index in [0.29, 0.717) is 19.4 Å². The molecule has 0 bridgehead atoms. The summed E-state index contributed by atoms with van der Waals surface area (Å²) in [6.07, 6.45) is 9.51. The number of hydrogen-bond acceptors (Lipinski definition) is 14. The van der Waals surface area contributed by atoms with Gasteiger partial charge in [0, 0.05) is 95.3 Å². The van der Waals surface area contributed by atoms with E-state index in [-0.39, 0.29) is 59.6 Å². The summed E-state index contributed by atoms with van der Waals surface area (Å²) >= 11 is 0. The van der Waals surface area contributed by atoms with Crippen LogP contribution in [-0.4, -0.2) is 167 Å². The predicted octanol–water partition coefficient (Wildman–Crippen LogP) is 6.96. The molecule has 398 valence electrons. The van der Waals surface area contributed by atoms with Crippen LogP contribution in [-0.2, 0) is 56.8 Å². The van der Waals surface area contributed by atoms with Crippen LogP contribution in [0.15, 0.2) is 47.6 Å². The Balaban J connectivity index is 1.35. The highest BCUT2D eigenvalue weighted by molar-refractivity contribution is 5.23. The van der Waals surface area contributed by atoms with Gasteiger partial charge >= 0.3 is 0 Å². The van der Waals surface area contributed by atoms with Crippen molar-refractivity contribution in [2.24, 2.45) is 47.3 Å². The van der Waals surface area contributed by atoms with E-state index in [4.69, 9.17) is 56.8 Å². The highest BCUT2D eigenvalue weighted by atomic mass is 16.7. The molecule has 0 radical (unpaired) electrons. The average Bonchev–Trinajstić information content (AvgIpc) is 4.08. The SMILES string of the molecule is CC[C@H](OC)[C@@H](C)[C@H]1CC#C[C@@H]1[C@H](O)[C@@H](C)/C=C/C=C(\C)[C@H]1O[C@H](OC)[C@@H](OC)[C@@H](OCCC[C@H](OC)[C@@H](C)[C@H]2CC#C[C@@H]2[C@H](O)[C@@H](C)/C=C/C=C(\C)[C@H]2O[C@H](OC)[C@H](OC)[C@@H](OC)[C@H]2OC)[C@@H]1OC. The van der Waals surface area contributed by atoms with E-state index in [1.165, 1.54) is 0 Å². The number of methoxy groups -OCH3 is 9. The third-order valence-electron chi connectivity index (χ3n) is 15.7. The van der Waals surface area contributed by atoms with Crippen molar-refractivity contribution in [2.75, 3.05) is 70.6 Å². The van der Waals surface area contributed by atoms with E-state index in [1.807, 2.05) is 64.2 Å². The van der Waals surface area contributed by atoms with Gasteiger partial charge in [-0.2, -0.15) is 0 Å². The topological polar surface area (TPSA) is 151 Å². The summed E-state index contributed by atoms with van der Waals surface area (Å²) in [4.78, 5) is 0. The molecule has 2 aliphatic heterocycles. The van der Waals surface area contributed by atoms with E-state index < -0.39 is 73.6 Å². The molecule has 2 N–H and O–H groups in total. The monoisotopic (exact) mass is 987 g/mol. The molecular weight excluding hydrogens is 897 g/mol. The molecule has 4 aliphatic rings. The smallest absolute Gasteiger partial charge is 0.186 e. The lowest BCUT2D eigenvalue weighted by atomic mass is 9.75. The quantitative estimate of drug-likeness (QED) is 0.0452. The van der Waals surface area contributed by atoms with Gasteiger partial charge in [0.05, 0.1) is 36.3 Å². The van der Waals surface area contributed by atoms with Crippen molar-refractivity contribution in [1.82, 2.24) is 0 Å². The summed E-state index contributed by atoms with van der Waals surface area (Å²) in [6, 6.07) is 0. The van der Waals surface area contributed by atoms with Gasteiger partial charge in [0.15, 0.2) is 12.6 Å². The summed E-state index contributed by atoms with van der Waals surface area (Å²) in [6.45, 7) is 15.0. The van der Waals surface area contributed by atoms with Crippen LogP contribution >= 0.6 is 0 Å². The van der Waals surface area contributed by atoms with E-state index >= 15 is 0 Å². The molecule has 0 saturated carbocycles. The zero-order valence-electron chi connectivity index (χ0n) is 45.2. The average molecular weight is 987 g/mol. The third kappa shape index (κ3) is 14.6. The summed E-state index contributed by atoms with van der Waals surface area (Å²) < 4.78 is 72.0. The van der Waals surface area contributed by atoms with Gasteiger partial charge in [-0.1, -0.05) is 82.9 Å². The molecule has 22 atom stereocenters. The van der Waals surface area contributed by atoms with Crippen LogP contribution in [0.4, 0.5) is 0 Å². The van der Waals surface area contributed by atoms with Crippen LogP contribution in [0.1, 0.15) is 80.6 Å². The van der Waals surface area contributed by atoms with E-state index in [0.717, 1.165) is 30.4 Å². The molecule has 70 heavy (non-hydrogen) atoms. The summed E-state index contributed by atoms with van der Waals surface area (Å²) in [5, 5.41) is 23.2. The van der Waals surface area contributed by atoms with Crippen molar-refractivity contribution in [3.05, 3.63) is 47.6 Å². The molecule has 2 aliphatic carbocycles. The summed E-state index contributed by atoms with van der Waals surface area (Å²) in [7, 11) is 14.8. The minimum Gasteiger partial charge on any atom is -0.391 e. The fraction of sp³-hybridized carbons (Fsp3) is 0.786. The Morgan fingerprint density at radius 2 is 0.986 bits per heavy atom. The molecule has 4 rings (SSSR count). The Hall–Kier alpha value is -2.48. The van der Waals surface area contributed by atoms with Gasteiger partial charge in [-0.15, -0.1) is 11.8 Å². The zero-order chi connectivity index (χ0) is 51.7. The number of aliphatic hydroxyl groups is 2. The Morgan fingerprint density at radius 3 is 1.39 bits per heavy atom. The van der Waals surface area contributed by atoms with E-state index in [9.17, 15) is 10.2 Å². The fourth-order valence-electron chi connectivity index (χ4n) is 11.2. The Morgan fingerprint density at radius 1 is 0.571 bits per heavy atom. The number of hydrogen-bond donors (Lipinski definition) is 2. The Kier molecular flexibility index (Phi) is 25.8. The van der Waals surface area contributed by atoms with Crippen molar-refractivity contribution < 1.29 is 67.1 Å². The lowest BCUT2D eigenvalue weighted by Crippen LogP contribution is -2.60. The molecule has 2 saturated heterocycles. The molecule has 2 fully saturated rings. The maximum absolute atomic E-state index is 11.7. The minimum atomic E-state index is -0.696. The normalized spacial score (nSPS) is 35.2. The Bertz CT molecular complexity index is 1790. The third-order valence-corrected chi connectivity index (χ3v) is 15.7. The fourth-order valence-corrected chi connectivity index (χ4v) is 11.2. The van der Waals surface area contributed by atoms with Crippen LogP contribution in [0.3, 0.4) is 0 Å². The molecule has 0 aromatic rings. The van der Waals surface area contributed by atoms with Gasteiger partial charge in [0.1, 0.15) is 48.8 Å². The van der Waals surface area contributed by atoms with Crippen LogP contribution in [0, 0.1) is 71.0 Å². The highest BCUT2D eigenvalue weighted by Crippen LogP contribution is 2.39. The molecule has 2 heterocycles. The first kappa shape index (κ1) is 60.1. The molecule has 14 heteroatoms. The van der Waals surface area contributed by atoms with E-state index in [2.05, 4.69) is 44.5 Å². The van der Waals surface area contributed by atoms with Crippen molar-refractivity contribution in [1.29, 1.82) is 0 Å². The largest absolute Gasteiger partial charge is 0.391 e. The first-order chi connectivity index (χ1) is 33.7. The lowest BCUT2D eigenvalue weighted by Gasteiger charge is -2.45. The van der Waals surface area contributed by atoms with Crippen LogP contribution in [0.2, 0.25) is 0 Å². The second kappa shape index (κ2) is 30.0. The van der Waals surface area contributed by atoms with Crippen LogP contribution in [0.25, 0.3) is 0 Å². The summed E-state index contributed by atoms with van der Waals surface area (Å²) in [5.74, 6) is 13.3. The van der Waals surface area contributed by atoms with Gasteiger partial charge in [0.25, 0.3) is 0 Å². The minimum absolute atomic E-state index is 0.0905. The molecule has 0 unspecified atom stereocenters. The molecule has 0 aromatic carbocycles. The number of aliphatic hydroxyl groups excluding tert-OH is 2. The van der Waals surface area contributed by atoms with Gasteiger partial charge < -0.3 is 67.1 Å².